The summed E-state index contributed by atoms with van der Waals surface area (Å²) in [7, 11) is 1.52. The Morgan fingerprint density at radius 3 is 2.48 bits per heavy atom. The molecule has 0 fully saturated rings. The number of benzene rings is 1. The smallest absolute Gasteiger partial charge is 0.416 e. The van der Waals surface area contributed by atoms with Gasteiger partial charge in [-0.3, -0.25) is 0 Å². The number of alkyl halides is 3. The molecule has 0 aliphatic carbocycles. The molecule has 1 aromatic heterocycles. The average molecular weight is 351 g/mol. The molecule has 2 heterocycles. The molecule has 3 rings (SSSR count). The van der Waals surface area contributed by atoms with Crippen molar-refractivity contribution in [3.8, 4) is 5.88 Å². The average Bonchev–Trinajstić information content (AvgIpc) is 2.95. The van der Waals surface area contributed by atoms with Gasteiger partial charge in [0.2, 0.25) is 11.8 Å². The Morgan fingerprint density at radius 1 is 1.20 bits per heavy atom. The van der Waals surface area contributed by atoms with E-state index in [0.717, 1.165) is 17.7 Å². The summed E-state index contributed by atoms with van der Waals surface area (Å²) >= 11 is 0. The van der Waals surface area contributed by atoms with Crippen molar-refractivity contribution in [2.24, 2.45) is 5.73 Å². The zero-order valence-electron chi connectivity index (χ0n) is 13.3. The van der Waals surface area contributed by atoms with E-state index in [-0.39, 0.29) is 18.5 Å². The third-order valence-electron chi connectivity index (χ3n) is 3.78. The molecule has 1 aliphatic heterocycles. The van der Waals surface area contributed by atoms with E-state index in [4.69, 9.17) is 15.3 Å². The van der Waals surface area contributed by atoms with Gasteiger partial charge >= 0.3 is 6.18 Å². The molecule has 0 saturated heterocycles. The summed E-state index contributed by atoms with van der Waals surface area (Å²) in [6, 6.07) is 8.19. The lowest BCUT2D eigenvalue weighted by Gasteiger charge is -2.23. The Labute approximate surface area is 142 Å². The van der Waals surface area contributed by atoms with Crippen molar-refractivity contribution in [2.75, 3.05) is 7.11 Å². The van der Waals surface area contributed by atoms with Crippen molar-refractivity contribution in [1.29, 1.82) is 0 Å². The third kappa shape index (κ3) is 3.85. The summed E-state index contributed by atoms with van der Waals surface area (Å²) in [5.74, 6) is 0.710. The highest BCUT2D eigenvalue weighted by Gasteiger charge is 2.31. The molecule has 0 bridgehead atoms. The molecule has 0 saturated carbocycles. The molecule has 2 N–H and O–H groups in total. The first kappa shape index (κ1) is 17.1. The van der Waals surface area contributed by atoms with Gasteiger partial charge in [-0.05, 0) is 23.3 Å². The molecule has 25 heavy (non-hydrogen) atoms. The number of rotatable bonds is 4. The summed E-state index contributed by atoms with van der Waals surface area (Å²) in [5.41, 5.74) is 6.56. The molecule has 1 atom stereocenters. The number of aromatic nitrogens is 1. The number of hydrogen-bond acceptors (Lipinski definition) is 5. The topological polar surface area (TPSA) is 60.6 Å². The van der Waals surface area contributed by atoms with Crippen LogP contribution in [0.1, 0.15) is 22.7 Å². The first-order valence-corrected chi connectivity index (χ1v) is 7.45. The second kappa shape index (κ2) is 6.64. The van der Waals surface area contributed by atoms with E-state index in [0.29, 0.717) is 11.4 Å². The zero-order valence-corrected chi connectivity index (χ0v) is 13.3. The maximum atomic E-state index is 12.6. The van der Waals surface area contributed by atoms with Gasteiger partial charge in [-0.2, -0.15) is 13.2 Å². The SMILES string of the molecule is COc1ccc(C2C=C(N)ON2Cc2ccc(C(F)(F)F)cc2)cn1. The van der Waals surface area contributed by atoms with Crippen molar-refractivity contribution in [3.63, 3.8) is 0 Å². The maximum Gasteiger partial charge on any atom is 0.416 e. The summed E-state index contributed by atoms with van der Waals surface area (Å²) in [6.07, 6.45) is -0.999. The lowest BCUT2D eigenvalue weighted by atomic mass is 10.1. The molecule has 1 aliphatic rings. The lowest BCUT2D eigenvalue weighted by Crippen LogP contribution is -2.23. The highest BCUT2D eigenvalue weighted by Crippen LogP contribution is 2.33. The summed E-state index contributed by atoms with van der Waals surface area (Å²) in [5, 5.41) is 1.58. The molecule has 132 valence electrons. The molecule has 8 heteroatoms. The van der Waals surface area contributed by atoms with Crippen LogP contribution in [-0.4, -0.2) is 17.2 Å². The third-order valence-corrected chi connectivity index (χ3v) is 3.78. The molecule has 2 aromatic rings. The van der Waals surface area contributed by atoms with Gasteiger partial charge in [0.05, 0.1) is 25.3 Å². The van der Waals surface area contributed by atoms with Crippen LogP contribution in [-0.2, 0) is 17.6 Å². The first-order chi connectivity index (χ1) is 11.9. The Morgan fingerprint density at radius 2 is 1.92 bits per heavy atom. The number of hydroxylamine groups is 2. The van der Waals surface area contributed by atoms with Crippen molar-refractivity contribution in [2.45, 2.75) is 18.8 Å². The molecule has 1 aromatic carbocycles. The number of methoxy groups -OCH3 is 1. The number of nitrogens with zero attached hydrogens (tertiary/aromatic N) is 2. The van der Waals surface area contributed by atoms with Crippen molar-refractivity contribution in [1.82, 2.24) is 10.0 Å². The van der Waals surface area contributed by atoms with E-state index < -0.39 is 11.7 Å². The standard InChI is InChI=1S/C17H16F3N3O2/c1-24-16-7-4-12(9-22-16)14-8-15(21)25-23(14)10-11-2-5-13(6-3-11)17(18,19)20/h2-9,14H,10,21H2,1H3. The van der Waals surface area contributed by atoms with Crippen molar-refractivity contribution in [3.05, 3.63) is 71.2 Å². The van der Waals surface area contributed by atoms with Crippen LogP contribution in [0.15, 0.2) is 54.6 Å². The van der Waals surface area contributed by atoms with Crippen LogP contribution in [0.5, 0.6) is 5.88 Å². The van der Waals surface area contributed by atoms with E-state index in [1.165, 1.54) is 19.2 Å². The van der Waals surface area contributed by atoms with Crippen LogP contribution in [0.3, 0.4) is 0 Å². The second-order valence-electron chi connectivity index (χ2n) is 5.51. The quantitative estimate of drug-likeness (QED) is 0.915. The molecule has 5 nitrogen and oxygen atoms in total. The van der Waals surface area contributed by atoms with E-state index in [2.05, 4.69) is 4.98 Å². The number of halogens is 3. The van der Waals surface area contributed by atoms with E-state index >= 15 is 0 Å². The van der Waals surface area contributed by atoms with Gasteiger partial charge in [-0.25, -0.2) is 4.98 Å². The number of nitrogens with two attached hydrogens (primary N) is 1. The molecular weight excluding hydrogens is 335 g/mol. The van der Waals surface area contributed by atoms with Gasteiger partial charge in [-0.15, -0.1) is 5.06 Å². The largest absolute Gasteiger partial charge is 0.481 e. The molecule has 0 radical (unpaired) electrons. The van der Waals surface area contributed by atoms with Gasteiger partial charge in [0.1, 0.15) is 0 Å². The van der Waals surface area contributed by atoms with Gasteiger partial charge in [0.25, 0.3) is 0 Å². The normalized spacial score (nSPS) is 17.9. The van der Waals surface area contributed by atoms with Crippen molar-refractivity contribution >= 4 is 0 Å². The highest BCUT2D eigenvalue weighted by molar-refractivity contribution is 5.28. The van der Waals surface area contributed by atoms with Crippen LogP contribution in [0.25, 0.3) is 0 Å². The fourth-order valence-electron chi connectivity index (χ4n) is 2.52. The van der Waals surface area contributed by atoms with Crippen molar-refractivity contribution < 1.29 is 22.7 Å². The zero-order chi connectivity index (χ0) is 18.0. The molecule has 0 spiro atoms. The minimum atomic E-state index is -4.36. The Balaban J connectivity index is 1.76. The molecule has 1 unspecified atom stereocenters. The Bertz CT molecular complexity index is 758. The Kier molecular flexibility index (Phi) is 4.54. The predicted molar refractivity (Wildman–Crippen MR) is 83.9 cm³/mol. The minimum absolute atomic E-state index is 0.229. The molecule has 0 amide bonds. The van der Waals surface area contributed by atoms with Gasteiger partial charge < -0.3 is 15.3 Å². The first-order valence-electron chi connectivity index (χ1n) is 7.45. The lowest BCUT2D eigenvalue weighted by molar-refractivity contribution is -0.137. The Hall–Kier alpha value is -2.74. The number of hydrogen-bond donors (Lipinski definition) is 1. The number of pyridine rings is 1. The second-order valence-corrected chi connectivity index (χ2v) is 5.51. The van der Waals surface area contributed by atoms with Gasteiger partial charge in [-0.1, -0.05) is 18.2 Å². The van der Waals surface area contributed by atoms with Crippen LogP contribution < -0.4 is 10.5 Å². The monoisotopic (exact) mass is 351 g/mol. The van der Waals surface area contributed by atoms with Gasteiger partial charge in [0, 0.05) is 18.3 Å². The van der Waals surface area contributed by atoms with Crippen LogP contribution >= 0.6 is 0 Å². The van der Waals surface area contributed by atoms with E-state index in [1.807, 2.05) is 6.07 Å². The number of ether oxygens (including phenoxy) is 1. The van der Waals surface area contributed by atoms with Gasteiger partial charge in [0.15, 0.2) is 0 Å². The summed E-state index contributed by atoms with van der Waals surface area (Å²) < 4.78 is 43.0. The van der Waals surface area contributed by atoms with E-state index in [1.54, 1.807) is 23.4 Å². The predicted octanol–water partition coefficient (Wildman–Crippen LogP) is 3.40. The summed E-state index contributed by atoms with van der Waals surface area (Å²) in [6.45, 7) is 0.270. The fourth-order valence-corrected chi connectivity index (χ4v) is 2.52. The summed E-state index contributed by atoms with van der Waals surface area (Å²) in [4.78, 5) is 9.62. The minimum Gasteiger partial charge on any atom is -0.481 e. The van der Waals surface area contributed by atoms with Crippen LogP contribution in [0, 0.1) is 0 Å². The fraction of sp³-hybridized carbons (Fsp3) is 0.235. The van der Waals surface area contributed by atoms with Crippen LogP contribution in [0.4, 0.5) is 13.2 Å². The molecular formula is C17H16F3N3O2. The van der Waals surface area contributed by atoms with E-state index in [9.17, 15) is 13.2 Å². The highest BCUT2D eigenvalue weighted by atomic mass is 19.4. The maximum absolute atomic E-state index is 12.6. The van der Waals surface area contributed by atoms with Crippen LogP contribution in [0.2, 0.25) is 0 Å².